The molecule has 8 aromatic rings. The van der Waals surface area contributed by atoms with Crippen molar-refractivity contribution in [1.29, 1.82) is 0 Å². The molecule has 3 heteroatoms. The molecule has 2 aliphatic rings. The molecular formula is C42H31N3. The molecule has 0 atom stereocenters. The molecule has 0 radical (unpaired) electrons. The van der Waals surface area contributed by atoms with E-state index in [1.165, 1.54) is 60.8 Å². The molecular weight excluding hydrogens is 546 g/mol. The SMILES string of the molecule is CC.Cc1ccc2c(c1)c1ccccc1c1nnc(-c3ccc4c(c3)C3(c5ccccc5-c5ccccc53)c3ccccc3-4)n21. The highest BCUT2D eigenvalue weighted by Crippen LogP contribution is 2.63. The number of pyridine rings is 1. The van der Waals surface area contributed by atoms with Crippen LogP contribution in [0.15, 0.2) is 133 Å². The van der Waals surface area contributed by atoms with Crippen LogP contribution >= 0.6 is 0 Å². The summed E-state index contributed by atoms with van der Waals surface area (Å²) in [5.41, 5.74) is 14.5. The van der Waals surface area contributed by atoms with Gasteiger partial charge in [-0.1, -0.05) is 135 Å². The highest BCUT2D eigenvalue weighted by Gasteiger charge is 2.51. The number of benzene rings is 6. The van der Waals surface area contributed by atoms with Crippen LogP contribution in [0.1, 0.15) is 41.7 Å². The maximum absolute atomic E-state index is 4.88. The summed E-state index contributed by atoms with van der Waals surface area (Å²) in [7, 11) is 0. The molecule has 3 nitrogen and oxygen atoms in total. The highest BCUT2D eigenvalue weighted by atomic mass is 15.2. The van der Waals surface area contributed by atoms with Gasteiger partial charge in [0.15, 0.2) is 11.5 Å². The molecule has 0 saturated carbocycles. The number of fused-ring (bicyclic) bond motifs is 16. The van der Waals surface area contributed by atoms with Crippen molar-refractivity contribution in [2.45, 2.75) is 26.2 Å². The van der Waals surface area contributed by atoms with Gasteiger partial charge in [-0.3, -0.25) is 4.40 Å². The van der Waals surface area contributed by atoms with E-state index in [2.05, 4.69) is 145 Å². The summed E-state index contributed by atoms with van der Waals surface area (Å²) in [6, 6.07) is 49.0. The van der Waals surface area contributed by atoms with Gasteiger partial charge < -0.3 is 0 Å². The number of hydrogen-bond donors (Lipinski definition) is 0. The highest BCUT2D eigenvalue weighted by molar-refractivity contribution is 6.12. The lowest BCUT2D eigenvalue weighted by Crippen LogP contribution is -2.25. The summed E-state index contributed by atoms with van der Waals surface area (Å²) < 4.78 is 2.25. The van der Waals surface area contributed by atoms with E-state index in [1.807, 2.05) is 13.8 Å². The first-order chi connectivity index (χ1) is 22.2. The Labute approximate surface area is 262 Å². The maximum Gasteiger partial charge on any atom is 0.169 e. The van der Waals surface area contributed by atoms with Crippen LogP contribution in [0.4, 0.5) is 0 Å². The van der Waals surface area contributed by atoms with Gasteiger partial charge >= 0.3 is 0 Å². The van der Waals surface area contributed by atoms with E-state index < -0.39 is 0 Å². The quantitative estimate of drug-likeness (QED) is 0.182. The summed E-state index contributed by atoms with van der Waals surface area (Å²) in [4.78, 5) is 0. The zero-order valence-electron chi connectivity index (χ0n) is 25.5. The van der Waals surface area contributed by atoms with Crippen LogP contribution in [0.3, 0.4) is 0 Å². The van der Waals surface area contributed by atoms with Crippen molar-refractivity contribution in [1.82, 2.24) is 14.6 Å². The second-order valence-electron chi connectivity index (χ2n) is 11.9. The maximum atomic E-state index is 4.88. The van der Waals surface area contributed by atoms with Crippen molar-refractivity contribution < 1.29 is 0 Å². The Bertz CT molecular complexity index is 2420. The molecule has 0 amide bonds. The standard InChI is InChI=1S/C40H25N3.C2H6/c1-24-18-21-37-32(22-24)26-10-2-3-14-31(26)39-42-41-38(43(37)39)25-19-20-30-29-13-6-9-17-35(29)40(36(30)23-25)33-15-7-4-11-27(33)28-12-5-8-16-34(28)40;1-2/h2-23H,1H3;1-2H3. The zero-order chi connectivity index (χ0) is 30.3. The monoisotopic (exact) mass is 577 g/mol. The molecule has 0 unspecified atom stereocenters. The largest absolute Gasteiger partial charge is 0.274 e. The van der Waals surface area contributed by atoms with E-state index in [9.17, 15) is 0 Å². The van der Waals surface area contributed by atoms with Crippen LogP contribution < -0.4 is 0 Å². The average molecular weight is 578 g/mol. The number of hydrogen-bond acceptors (Lipinski definition) is 2. The third-order valence-corrected chi connectivity index (χ3v) is 9.77. The Morgan fingerprint density at radius 3 is 1.69 bits per heavy atom. The van der Waals surface area contributed by atoms with Gasteiger partial charge in [-0.25, -0.2) is 0 Å². The van der Waals surface area contributed by atoms with Crippen molar-refractivity contribution in [3.8, 4) is 33.6 Å². The first-order valence-electron chi connectivity index (χ1n) is 15.9. The number of nitrogens with zero attached hydrogens (tertiary/aromatic N) is 3. The molecule has 0 fully saturated rings. The van der Waals surface area contributed by atoms with Crippen molar-refractivity contribution in [3.05, 3.63) is 161 Å². The number of aryl methyl sites for hydroxylation is 1. The summed E-state index contributed by atoms with van der Waals surface area (Å²) in [5.74, 6) is 0.864. The minimum Gasteiger partial charge on any atom is -0.274 e. The van der Waals surface area contributed by atoms with Crippen LogP contribution in [0, 0.1) is 6.92 Å². The fourth-order valence-corrected chi connectivity index (χ4v) is 8.08. The van der Waals surface area contributed by atoms with Crippen molar-refractivity contribution in [2.24, 2.45) is 0 Å². The topological polar surface area (TPSA) is 30.2 Å². The lowest BCUT2D eigenvalue weighted by Gasteiger charge is -2.30. The first kappa shape index (κ1) is 25.9. The molecule has 2 heterocycles. The Balaban J connectivity index is 0.00000138. The van der Waals surface area contributed by atoms with Gasteiger partial charge in [0.05, 0.1) is 10.9 Å². The predicted molar refractivity (Wildman–Crippen MR) is 186 cm³/mol. The Morgan fingerprint density at radius 1 is 0.489 bits per heavy atom. The molecule has 214 valence electrons. The van der Waals surface area contributed by atoms with Crippen LogP contribution in [-0.2, 0) is 5.41 Å². The van der Waals surface area contributed by atoms with Gasteiger partial charge in [-0.15, -0.1) is 10.2 Å². The minimum atomic E-state index is -0.387. The van der Waals surface area contributed by atoms with E-state index in [0.29, 0.717) is 0 Å². The third kappa shape index (κ3) is 3.25. The van der Waals surface area contributed by atoms with Crippen molar-refractivity contribution in [2.75, 3.05) is 0 Å². The van der Waals surface area contributed by atoms with E-state index in [0.717, 1.165) is 27.9 Å². The molecule has 45 heavy (non-hydrogen) atoms. The summed E-state index contributed by atoms with van der Waals surface area (Å²) in [6.07, 6.45) is 0. The van der Waals surface area contributed by atoms with Crippen molar-refractivity contribution in [3.63, 3.8) is 0 Å². The molecule has 6 aromatic carbocycles. The molecule has 0 aliphatic heterocycles. The van der Waals surface area contributed by atoms with E-state index in [1.54, 1.807) is 0 Å². The molecule has 0 saturated heterocycles. The lowest BCUT2D eigenvalue weighted by molar-refractivity contribution is 0.794. The van der Waals surface area contributed by atoms with Crippen LogP contribution in [-0.4, -0.2) is 14.6 Å². The molecule has 2 aromatic heterocycles. The normalized spacial score (nSPS) is 13.4. The Hall–Kier alpha value is -5.54. The molecule has 1 spiro atoms. The van der Waals surface area contributed by atoms with E-state index in [-0.39, 0.29) is 5.41 Å². The van der Waals surface area contributed by atoms with Gasteiger partial charge in [-0.2, -0.15) is 0 Å². The Kier molecular flexibility index (Phi) is 5.46. The summed E-state index contributed by atoms with van der Waals surface area (Å²) in [5, 5.41) is 13.2. The van der Waals surface area contributed by atoms with Gasteiger partial charge in [0, 0.05) is 16.3 Å². The third-order valence-electron chi connectivity index (χ3n) is 9.77. The minimum absolute atomic E-state index is 0.387. The summed E-state index contributed by atoms with van der Waals surface area (Å²) >= 11 is 0. The fraction of sp³-hybridized carbons (Fsp3) is 0.0952. The molecule has 0 N–H and O–H groups in total. The zero-order valence-corrected chi connectivity index (χ0v) is 25.5. The number of rotatable bonds is 1. The van der Waals surface area contributed by atoms with E-state index >= 15 is 0 Å². The van der Waals surface area contributed by atoms with Crippen LogP contribution in [0.5, 0.6) is 0 Å². The molecule has 0 bridgehead atoms. The molecule has 10 rings (SSSR count). The second-order valence-corrected chi connectivity index (χ2v) is 11.9. The average Bonchev–Trinajstić information content (AvgIpc) is 3.77. The lowest BCUT2D eigenvalue weighted by atomic mass is 9.70. The van der Waals surface area contributed by atoms with Crippen LogP contribution in [0.2, 0.25) is 0 Å². The Morgan fingerprint density at radius 2 is 1.04 bits per heavy atom. The second kappa shape index (κ2) is 9.48. The van der Waals surface area contributed by atoms with Gasteiger partial charge in [0.1, 0.15) is 0 Å². The van der Waals surface area contributed by atoms with Gasteiger partial charge in [0.2, 0.25) is 0 Å². The summed E-state index contributed by atoms with van der Waals surface area (Å²) in [6.45, 7) is 6.15. The number of aromatic nitrogens is 3. The fourth-order valence-electron chi connectivity index (χ4n) is 8.08. The predicted octanol–water partition coefficient (Wildman–Crippen LogP) is 10.4. The first-order valence-corrected chi connectivity index (χ1v) is 15.9. The van der Waals surface area contributed by atoms with Gasteiger partial charge in [0.25, 0.3) is 0 Å². The molecule has 2 aliphatic carbocycles. The smallest absolute Gasteiger partial charge is 0.169 e. The van der Waals surface area contributed by atoms with E-state index in [4.69, 9.17) is 10.2 Å². The van der Waals surface area contributed by atoms with Gasteiger partial charge in [-0.05, 0) is 75.0 Å². The van der Waals surface area contributed by atoms with Crippen molar-refractivity contribution >= 4 is 27.3 Å². The van der Waals surface area contributed by atoms with Crippen LogP contribution in [0.25, 0.3) is 61.0 Å².